The summed E-state index contributed by atoms with van der Waals surface area (Å²) < 4.78 is 0. The molecule has 0 aliphatic carbocycles. The molecule has 0 saturated carbocycles. The smallest absolute Gasteiger partial charge is 0.107 e. The molecule has 0 radical (unpaired) electrons. The van der Waals surface area contributed by atoms with E-state index in [9.17, 15) is 10.2 Å². The third-order valence-corrected chi connectivity index (χ3v) is 2.10. The monoisotopic (exact) mass is 197 g/mol. The van der Waals surface area contributed by atoms with Gasteiger partial charge >= 0.3 is 0 Å². The van der Waals surface area contributed by atoms with Crippen LogP contribution in [0, 0.1) is 0 Å². The Morgan fingerprint density at radius 2 is 1.86 bits per heavy atom. The lowest BCUT2D eigenvalue weighted by molar-refractivity contribution is 0.00461. The molecule has 4 heteroatoms. The second-order valence-electron chi connectivity index (χ2n) is 3.15. The first-order valence-corrected chi connectivity index (χ1v) is 4.48. The lowest BCUT2D eigenvalue weighted by atomic mass is 10.0. The van der Waals surface area contributed by atoms with E-state index in [2.05, 4.69) is 0 Å². The number of aliphatic hydroxyl groups excluding tert-OH is 3. The number of benzene rings is 1. The molecule has 0 heterocycles. The van der Waals surface area contributed by atoms with Crippen molar-refractivity contribution in [3.8, 4) is 0 Å². The van der Waals surface area contributed by atoms with Gasteiger partial charge in [0.2, 0.25) is 0 Å². The SMILES string of the molecule is Nc1ccccc1C(O)C(O)CCO. The maximum Gasteiger partial charge on any atom is 0.107 e. The summed E-state index contributed by atoms with van der Waals surface area (Å²) in [5.74, 6) is 0. The van der Waals surface area contributed by atoms with E-state index in [0.717, 1.165) is 0 Å². The summed E-state index contributed by atoms with van der Waals surface area (Å²) in [6.07, 6.45) is -1.89. The van der Waals surface area contributed by atoms with Crippen molar-refractivity contribution in [3.05, 3.63) is 29.8 Å². The predicted octanol–water partition coefficient (Wildman–Crippen LogP) is 0.0455. The van der Waals surface area contributed by atoms with Gasteiger partial charge in [-0.3, -0.25) is 0 Å². The molecule has 1 rings (SSSR count). The van der Waals surface area contributed by atoms with Gasteiger partial charge in [-0.25, -0.2) is 0 Å². The van der Waals surface area contributed by atoms with E-state index in [1.54, 1.807) is 24.3 Å². The molecule has 78 valence electrons. The van der Waals surface area contributed by atoms with Gasteiger partial charge in [-0.05, 0) is 12.5 Å². The van der Waals surface area contributed by atoms with Crippen LogP contribution in [0.3, 0.4) is 0 Å². The highest BCUT2D eigenvalue weighted by molar-refractivity contribution is 5.47. The van der Waals surface area contributed by atoms with Gasteiger partial charge in [0, 0.05) is 17.9 Å². The molecule has 5 N–H and O–H groups in total. The van der Waals surface area contributed by atoms with Gasteiger partial charge in [0.1, 0.15) is 6.10 Å². The standard InChI is InChI=1S/C10H15NO3/c11-8-4-2-1-3-7(8)10(14)9(13)5-6-12/h1-4,9-10,12-14H,5-6,11H2. The normalized spacial score (nSPS) is 15.1. The Bertz CT molecular complexity index is 290. The fraction of sp³-hybridized carbons (Fsp3) is 0.400. The number of hydrogen-bond donors (Lipinski definition) is 4. The third kappa shape index (κ3) is 2.45. The van der Waals surface area contributed by atoms with Crippen LogP contribution in [0.4, 0.5) is 5.69 Å². The fourth-order valence-electron chi connectivity index (χ4n) is 1.28. The molecular formula is C10H15NO3. The van der Waals surface area contributed by atoms with E-state index in [0.29, 0.717) is 11.3 Å². The highest BCUT2D eigenvalue weighted by Crippen LogP contribution is 2.23. The van der Waals surface area contributed by atoms with Crippen molar-refractivity contribution in [2.45, 2.75) is 18.6 Å². The van der Waals surface area contributed by atoms with Gasteiger partial charge in [-0.1, -0.05) is 18.2 Å². The number of rotatable bonds is 4. The third-order valence-electron chi connectivity index (χ3n) is 2.10. The summed E-state index contributed by atoms with van der Waals surface area (Å²) in [6.45, 7) is -0.162. The number of nitrogens with two attached hydrogens (primary N) is 1. The molecule has 14 heavy (non-hydrogen) atoms. The summed E-state index contributed by atoms with van der Waals surface area (Å²) in [7, 11) is 0. The predicted molar refractivity (Wildman–Crippen MR) is 53.5 cm³/mol. The van der Waals surface area contributed by atoms with Crippen LogP contribution >= 0.6 is 0 Å². The molecule has 0 bridgehead atoms. The summed E-state index contributed by atoms with van der Waals surface area (Å²) in [5.41, 5.74) is 6.56. The molecule has 0 fully saturated rings. The first-order valence-electron chi connectivity index (χ1n) is 4.48. The molecule has 0 aliphatic rings. The minimum Gasteiger partial charge on any atom is -0.398 e. The number of anilines is 1. The molecule has 1 aromatic rings. The highest BCUT2D eigenvalue weighted by Gasteiger charge is 2.19. The first kappa shape index (κ1) is 11.0. The molecule has 0 spiro atoms. The van der Waals surface area contributed by atoms with E-state index < -0.39 is 12.2 Å². The fourth-order valence-corrected chi connectivity index (χ4v) is 1.28. The number of nitrogen functional groups attached to an aromatic ring is 1. The van der Waals surface area contributed by atoms with Gasteiger partial charge in [-0.15, -0.1) is 0 Å². The van der Waals surface area contributed by atoms with Crippen molar-refractivity contribution in [2.75, 3.05) is 12.3 Å². The Balaban J connectivity index is 2.78. The molecule has 0 aromatic heterocycles. The van der Waals surface area contributed by atoms with E-state index in [4.69, 9.17) is 10.8 Å². The minimum atomic E-state index is -1.04. The van der Waals surface area contributed by atoms with Gasteiger partial charge in [0.15, 0.2) is 0 Å². The maximum absolute atomic E-state index is 9.66. The molecule has 2 unspecified atom stereocenters. The maximum atomic E-state index is 9.66. The van der Waals surface area contributed by atoms with Crippen molar-refractivity contribution in [1.29, 1.82) is 0 Å². The van der Waals surface area contributed by atoms with E-state index in [1.807, 2.05) is 0 Å². The second-order valence-corrected chi connectivity index (χ2v) is 3.15. The summed E-state index contributed by atoms with van der Waals surface area (Å²) >= 11 is 0. The van der Waals surface area contributed by atoms with E-state index in [-0.39, 0.29) is 13.0 Å². The van der Waals surface area contributed by atoms with Gasteiger partial charge < -0.3 is 21.1 Å². The highest BCUT2D eigenvalue weighted by atomic mass is 16.3. The number of hydrogen-bond acceptors (Lipinski definition) is 4. The average Bonchev–Trinajstić information content (AvgIpc) is 2.18. The van der Waals surface area contributed by atoms with E-state index >= 15 is 0 Å². The molecule has 2 atom stereocenters. The van der Waals surface area contributed by atoms with Crippen LogP contribution in [-0.4, -0.2) is 28.0 Å². The molecule has 1 aromatic carbocycles. The first-order chi connectivity index (χ1) is 6.66. The Kier molecular flexibility index (Phi) is 3.88. The number of para-hydroxylation sites is 1. The van der Waals surface area contributed by atoms with Crippen molar-refractivity contribution < 1.29 is 15.3 Å². The van der Waals surface area contributed by atoms with Crippen LogP contribution in [0.25, 0.3) is 0 Å². The summed E-state index contributed by atoms with van der Waals surface area (Å²) in [6, 6.07) is 6.80. The van der Waals surface area contributed by atoms with Gasteiger partial charge in [0.25, 0.3) is 0 Å². The van der Waals surface area contributed by atoms with Crippen LogP contribution < -0.4 is 5.73 Å². The largest absolute Gasteiger partial charge is 0.398 e. The van der Waals surface area contributed by atoms with Crippen molar-refractivity contribution in [3.63, 3.8) is 0 Å². The topological polar surface area (TPSA) is 86.7 Å². The average molecular weight is 197 g/mol. The lowest BCUT2D eigenvalue weighted by Gasteiger charge is -2.18. The van der Waals surface area contributed by atoms with Crippen LogP contribution in [0.1, 0.15) is 18.1 Å². The molecular weight excluding hydrogens is 182 g/mol. The Hall–Kier alpha value is -1.10. The zero-order valence-electron chi connectivity index (χ0n) is 7.80. The quantitative estimate of drug-likeness (QED) is 0.513. The van der Waals surface area contributed by atoms with Crippen LogP contribution in [0.15, 0.2) is 24.3 Å². The van der Waals surface area contributed by atoms with Gasteiger partial charge in [0.05, 0.1) is 6.10 Å². The van der Waals surface area contributed by atoms with Crippen LogP contribution in [0.2, 0.25) is 0 Å². The van der Waals surface area contributed by atoms with Crippen molar-refractivity contribution in [2.24, 2.45) is 0 Å². The summed E-state index contributed by atoms with van der Waals surface area (Å²) in [5, 5.41) is 27.7. The van der Waals surface area contributed by atoms with Crippen molar-refractivity contribution >= 4 is 5.69 Å². The molecule has 4 nitrogen and oxygen atoms in total. The van der Waals surface area contributed by atoms with E-state index in [1.165, 1.54) is 0 Å². The molecule has 0 saturated heterocycles. The Labute approximate surface area is 82.6 Å². The Morgan fingerprint density at radius 1 is 1.21 bits per heavy atom. The zero-order chi connectivity index (χ0) is 10.6. The van der Waals surface area contributed by atoms with Crippen LogP contribution in [0.5, 0.6) is 0 Å². The second kappa shape index (κ2) is 4.95. The number of aliphatic hydroxyl groups is 3. The van der Waals surface area contributed by atoms with Crippen molar-refractivity contribution in [1.82, 2.24) is 0 Å². The summed E-state index contributed by atoms with van der Waals surface area (Å²) in [4.78, 5) is 0. The zero-order valence-corrected chi connectivity index (χ0v) is 7.80. The lowest BCUT2D eigenvalue weighted by Crippen LogP contribution is -2.20. The van der Waals surface area contributed by atoms with Gasteiger partial charge in [-0.2, -0.15) is 0 Å². The molecule has 0 aliphatic heterocycles. The Morgan fingerprint density at radius 3 is 2.43 bits per heavy atom. The minimum absolute atomic E-state index is 0.134. The van der Waals surface area contributed by atoms with Crippen LogP contribution in [-0.2, 0) is 0 Å². The molecule has 0 amide bonds.